The van der Waals surface area contributed by atoms with Gasteiger partial charge in [0.1, 0.15) is 0 Å². The van der Waals surface area contributed by atoms with E-state index in [4.69, 9.17) is 0 Å². The average molecular weight is 337 g/mol. The molecule has 0 spiro atoms. The molecule has 8 heteroatoms. The molecule has 21 heavy (non-hydrogen) atoms. The molecule has 0 fully saturated rings. The number of hydrogen-bond donors (Lipinski definition) is 0. The molecule has 1 aromatic carbocycles. The van der Waals surface area contributed by atoms with Crippen molar-refractivity contribution in [1.82, 2.24) is 4.31 Å². The summed E-state index contributed by atoms with van der Waals surface area (Å²) >= 11 is 0. The van der Waals surface area contributed by atoms with Gasteiger partial charge in [0.05, 0.1) is 9.79 Å². The molecule has 0 saturated heterocycles. The Hall–Kier alpha value is -0.990. The Kier molecular flexibility index (Phi) is 5.51. The minimum Gasteiger partial charge on any atom is -0.207 e. The fraction of sp³-hybridized carbons (Fsp3) is 0.538. The highest BCUT2D eigenvalue weighted by Gasteiger charge is 2.28. The van der Waals surface area contributed by atoms with Crippen LogP contribution in [0.2, 0.25) is 0 Å². The highest BCUT2D eigenvalue weighted by molar-refractivity contribution is 7.89. The van der Waals surface area contributed by atoms with Crippen molar-refractivity contribution in [3.8, 4) is 0 Å². The lowest BCUT2D eigenvalue weighted by atomic mass is 10.2. The molecule has 0 atom stereocenters. The van der Waals surface area contributed by atoms with Crippen LogP contribution in [-0.4, -0.2) is 33.7 Å². The molecule has 0 aliphatic carbocycles. The van der Waals surface area contributed by atoms with Gasteiger partial charge in [0.25, 0.3) is 0 Å². The van der Waals surface area contributed by atoms with Crippen molar-refractivity contribution in [1.29, 1.82) is 0 Å². The number of halogens is 1. The van der Waals surface area contributed by atoms with Crippen LogP contribution in [0.4, 0.5) is 3.89 Å². The molecular weight excluding hydrogens is 317 g/mol. The summed E-state index contributed by atoms with van der Waals surface area (Å²) in [6.07, 6.45) is 0. The van der Waals surface area contributed by atoms with Gasteiger partial charge in [-0.2, -0.15) is 12.7 Å². The quantitative estimate of drug-likeness (QED) is 0.747. The number of nitrogens with zero attached hydrogens (tertiary/aromatic N) is 1. The van der Waals surface area contributed by atoms with E-state index < -0.39 is 25.1 Å². The Morgan fingerprint density at radius 2 is 1.57 bits per heavy atom. The van der Waals surface area contributed by atoms with Gasteiger partial charge < -0.3 is 0 Å². The summed E-state index contributed by atoms with van der Waals surface area (Å²) in [6.45, 7) is 7.53. The topological polar surface area (TPSA) is 71.5 Å². The van der Waals surface area contributed by atoms with Crippen LogP contribution < -0.4 is 0 Å². The Morgan fingerprint density at radius 3 is 2.00 bits per heavy atom. The molecule has 0 saturated carbocycles. The van der Waals surface area contributed by atoms with Gasteiger partial charge in [0, 0.05) is 12.6 Å². The molecule has 0 unspecified atom stereocenters. The smallest absolute Gasteiger partial charge is 0.207 e. The van der Waals surface area contributed by atoms with Gasteiger partial charge in [-0.3, -0.25) is 0 Å². The summed E-state index contributed by atoms with van der Waals surface area (Å²) in [7, 11) is -8.81. The van der Waals surface area contributed by atoms with Gasteiger partial charge in [-0.1, -0.05) is 19.9 Å². The Bertz CT molecular complexity index is 697. The van der Waals surface area contributed by atoms with Gasteiger partial charge in [-0.05, 0) is 38.0 Å². The zero-order chi connectivity index (χ0) is 16.4. The zero-order valence-corrected chi connectivity index (χ0v) is 14.1. The number of benzene rings is 1. The molecule has 0 heterocycles. The van der Waals surface area contributed by atoms with Crippen molar-refractivity contribution in [3.05, 3.63) is 24.3 Å². The maximum Gasteiger partial charge on any atom is 0.332 e. The van der Waals surface area contributed by atoms with E-state index in [0.717, 1.165) is 12.1 Å². The molecule has 0 aliphatic rings. The third-order valence-corrected chi connectivity index (χ3v) is 5.67. The summed E-state index contributed by atoms with van der Waals surface area (Å²) in [5, 5.41) is 0. The van der Waals surface area contributed by atoms with Crippen LogP contribution >= 0.6 is 0 Å². The fourth-order valence-electron chi connectivity index (χ4n) is 1.87. The van der Waals surface area contributed by atoms with Crippen molar-refractivity contribution in [3.63, 3.8) is 0 Å². The first-order valence-corrected chi connectivity index (χ1v) is 9.35. The standard InChI is InChI=1S/C13H20FNO4S2/c1-10(2)9-15(11(3)4)21(18,19)13-7-5-6-12(8-13)20(14,16)17/h5-8,10-11H,9H2,1-4H3. The van der Waals surface area contributed by atoms with Crippen LogP contribution in [-0.2, 0) is 20.2 Å². The summed E-state index contributed by atoms with van der Waals surface area (Å²) in [5.41, 5.74) is 0. The summed E-state index contributed by atoms with van der Waals surface area (Å²) in [4.78, 5) is -0.882. The Labute approximate surface area is 126 Å². The molecule has 0 aromatic heterocycles. The van der Waals surface area contributed by atoms with Crippen molar-refractivity contribution in [2.45, 2.75) is 43.5 Å². The molecule has 0 radical (unpaired) electrons. The maximum atomic E-state index is 13.0. The van der Waals surface area contributed by atoms with Gasteiger partial charge in [0.15, 0.2) is 0 Å². The molecule has 120 valence electrons. The van der Waals surface area contributed by atoms with E-state index in [0.29, 0.717) is 6.54 Å². The van der Waals surface area contributed by atoms with E-state index in [2.05, 4.69) is 0 Å². The molecule has 5 nitrogen and oxygen atoms in total. The minimum absolute atomic E-state index is 0.107. The molecule has 0 aliphatic heterocycles. The van der Waals surface area contributed by atoms with Crippen LogP contribution in [0.1, 0.15) is 27.7 Å². The normalized spacial score (nSPS) is 13.3. The van der Waals surface area contributed by atoms with E-state index in [9.17, 15) is 20.7 Å². The lowest BCUT2D eigenvalue weighted by Crippen LogP contribution is -2.39. The zero-order valence-electron chi connectivity index (χ0n) is 12.4. The van der Waals surface area contributed by atoms with E-state index in [1.54, 1.807) is 13.8 Å². The first kappa shape index (κ1) is 18.1. The average Bonchev–Trinajstić information content (AvgIpc) is 2.34. The van der Waals surface area contributed by atoms with E-state index in [-0.39, 0.29) is 16.9 Å². The van der Waals surface area contributed by atoms with Crippen LogP contribution in [0.5, 0.6) is 0 Å². The highest BCUT2D eigenvalue weighted by atomic mass is 32.3. The molecule has 1 aromatic rings. The molecular formula is C13H20FNO4S2. The van der Waals surface area contributed by atoms with Crippen LogP contribution in [0, 0.1) is 5.92 Å². The van der Waals surface area contributed by atoms with Gasteiger partial charge in [-0.15, -0.1) is 3.89 Å². The third-order valence-electron chi connectivity index (χ3n) is 2.81. The fourth-order valence-corrected chi connectivity index (χ4v) is 4.30. The van der Waals surface area contributed by atoms with Gasteiger partial charge in [0.2, 0.25) is 10.0 Å². The second kappa shape index (κ2) is 6.41. The van der Waals surface area contributed by atoms with Gasteiger partial charge >= 0.3 is 10.2 Å². The van der Waals surface area contributed by atoms with E-state index in [1.807, 2.05) is 13.8 Å². The molecule has 1 rings (SSSR count). The second-order valence-electron chi connectivity index (χ2n) is 5.48. The SMILES string of the molecule is CC(C)CN(C(C)C)S(=O)(=O)c1cccc(S(=O)(=O)F)c1. The second-order valence-corrected chi connectivity index (χ2v) is 8.71. The van der Waals surface area contributed by atoms with Crippen LogP contribution in [0.25, 0.3) is 0 Å². The molecule has 0 amide bonds. The molecule has 0 N–H and O–H groups in total. The summed E-state index contributed by atoms with van der Waals surface area (Å²) < 4.78 is 61.3. The van der Waals surface area contributed by atoms with Gasteiger partial charge in [-0.25, -0.2) is 8.42 Å². The van der Waals surface area contributed by atoms with E-state index in [1.165, 1.54) is 16.4 Å². The number of rotatable bonds is 6. The van der Waals surface area contributed by atoms with Crippen molar-refractivity contribution >= 4 is 20.2 Å². The molecule has 0 bridgehead atoms. The first-order chi connectivity index (χ1) is 9.46. The first-order valence-electron chi connectivity index (χ1n) is 6.53. The summed E-state index contributed by atoms with van der Waals surface area (Å²) in [5.74, 6) is 0.107. The maximum absolute atomic E-state index is 13.0. The van der Waals surface area contributed by atoms with Crippen LogP contribution in [0.3, 0.4) is 0 Å². The lowest BCUT2D eigenvalue weighted by Gasteiger charge is -2.27. The Morgan fingerprint density at radius 1 is 1.05 bits per heavy atom. The monoisotopic (exact) mass is 337 g/mol. The van der Waals surface area contributed by atoms with Crippen molar-refractivity contribution < 1.29 is 20.7 Å². The van der Waals surface area contributed by atoms with E-state index >= 15 is 0 Å². The predicted octanol–water partition coefficient (Wildman–Crippen LogP) is 2.40. The highest BCUT2D eigenvalue weighted by Crippen LogP contribution is 2.23. The third kappa shape index (κ3) is 4.49. The number of sulfonamides is 1. The minimum atomic E-state index is -4.94. The van der Waals surface area contributed by atoms with Crippen molar-refractivity contribution in [2.75, 3.05) is 6.54 Å². The van der Waals surface area contributed by atoms with Crippen LogP contribution in [0.15, 0.2) is 34.1 Å². The van der Waals surface area contributed by atoms with Crippen molar-refractivity contribution in [2.24, 2.45) is 5.92 Å². The number of hydrogen-bond acceptors (Lipinski definition) is 4. The Balaban J connectivity index is 3.35. The lowest BCUT2D eigenvalue weighted by molar-refractivity contribution is 0.319. The largest absolute Gasteiger partial charge is 0.332 e. The predicted molar refractivity (Wildman–Crippen MR) is 78.6 cm³/mol. The summed E-state index contributed by atoms with van der Waals surface area (Å²) in [6, 6.07) is 4.06.